The van der Waals surface area contributed by atoms with Crippen LogP contribution in [0.4, 0.5) is 5.69 Å². The SMILES string of the molecule is COc1cc(C)c(C)cc1S(=O)(=O)Nc1cnn(C)c1-c1ccccc1. The van der Waals surface area contributed by atoms with E-state index in [2.05, 4.69) is 9.82 Å². The van der Waals surface area contributed by atoms with Crippen LogP contribution in [-0.2, 0) is 17.1 Å². The number of sulfonamides is 1. The van der Waals surface area contributed by atoms with Crippen LogP contribution >= 0.6 is 0 Å². The molecule has 1 N–H and O–H groups in total. The number of nitrogens with one attached hydrogen (secondary N) is 1. The third-order valence-corrected chi connectivity index (χ3v) is 5.69. The predicted octanol–water partition coefficient (Wildman–Crippen LogP) is 3.51. The average Bonchev–Trinajstić information content (AvgIpc) is 2.97. The zero-order chi connectivity index (χ0) is 18.9. The Labute approximate surface area is 153 Å². The number of anilines is 1. The highest BCUT2D eigenvalue weighted by atomic mass is 32.2. The Hall–Kier alpha value is -2.80. The number of methoxy groups -OCH3 is 1. The van der Waals surface area contributed by atoms with Gasteiger partial charge in [0.15, 0.2) is 0 Å². The maximum atomic E-state index is 13.0. The summed E-state index contributed by atoms with van der Waals surface area (Å²) < 4.78 is 35.6. The molecule has 1 aromatic heterocycles. The largest absolute Gasteiger partial charge is 0.495 e. The van der Waals surface area contributed by atoms with Crippen molar-refractivity contribution < 1.29 is 13.2 Å². The number of nitrogens with zero attached hydrogens (tertiary/aromatic N) is 2. The van der Waals surface area contributed by atoms with Gasteiger partial charge in [0.1, 0.15) is 10.6 Å². The normalized spacial score (nSPS) is 11.4. The Balaban J connectivity index is 2.07. The monoisotopic (exact) mass is 371 g/mol. The van der Waals surface area contributed by atoms with Crippen molar-refractivity contribution in [3.8, 4) is 17.0 Å². The Bertz CT molecular complexity index is 1040. The minimum absolute atomic E-state index is 0.103. The van der Waals surface area contributed by atoms with Crippen molar-refractivity contribution in [3.05, 3.63) is 59.8 Å². The number of hydrogen-bond donors (Lipinski definition) is 1. The van der Waals surface area contributed by atoms with Crippen molar-refractivity contribution in [3.63, 3.8) is 0 Å². The number of aromatic nitrogens is 2. The van der Waals surface area contributed by atoms with Gasteiger partial charge in [-0.05, 0) is 37.1 Å². The first-order chi connectivity index (χ1) is 12.3. The quantitative estimate of drug-likeness (QED) is 0.745. The van der Waals surface area contributed by atoms with Crippen LogP contribution in [0.5, 0.6) is 5.75 Å². The summed E-state index contributed by atoms with van der Waals surface area (Å²) in [7, 11) is -0.605. The van der Waals surface area contributed by atoms with Crippen LogP contribution in [-0.4, -0.2) is 25.3 Å². The molecule has 0 saturated heterocycles. The van der Waals surface area contributed by atoms with E-state index < -0.39 is 10.0 Å². The lowest BCUT2D eigenvalue weighted by Gasteiger charge is -2.14. The van der Waals surface area contributed by atoms with Gasteiger partial charge in [-0.2, -0.15) is 5.10 Å². The molecule has 26 heavy (non-hydrogen) atoms. The molecule has 136 valence electrons. The van der Waals surface area contributed by atoms with E-state index in [0.717, 1.165) is 16.7 Å². The number of hydrogen-bond acceptors (Lipinski definition) is 4. The molecule has 0 amide bonds. The Kier molecular flexibility index (Phi) is 4.73. The summed E-state index contributed by atoms with van der Waals surface area (Å²) in [6.07, 6.45) is 1.51. The highest BCUT2D eigenvalue weighted by Gasteiger charge is 2.23. The van der Waals surface area contributed by atoms with Gasteiger partial charge in [-0.25, -0.2) is 8.42 Å². The lowest BCUT2D eigenvalue weighted by Crippen LogP contribution is -2.15. The highest BCUT2D eigenvalue weighted by molar-refractivity contribution is 7.92. The molecule has 3 aromatic rings. The van der Waals surface area contributed by atoms with Crippen molar-refractivity contribution in [1.82, 2.24) is 9.78 Å². The molecule has 0 saturated carbocycles. The van der Waals surface area contributed by atoms with E-state index in [-0.39, 0.29) is 4.90 Å². The summed E-state index contributed by atoms with van der Waals surface area (Å²) in [5, 5.41) is 4.20. The summed E-state index contributed by atoms with van der Waals surface area (Å²) in [6, 6.07) is 12.9. The summed E-state index contributed by atoms with van der Waals surface area (Å²) in [5.41, 5.74) is 3.82. The lowest BCUT2D eigenvalue weighted by molar-refractivity contribution is 0.402. The second-order valence-corrected chi connectivity index (χ2v) is 7.74. The molecule has 7 heteroatoms. The molecule has 0 spiro atoms. The van der Waals surface area contributed by atoms with E-state index in [1.807, 2.05) is 44.2 Å². The minimum Gasteiger partial charge on any atom is -0.495 e. The van der Waals surface area contributed by atoms with Crippen LogP contribution in [0.3, 0.4) is 0 Å². The van der Waals surface area contributed by atoms with Crippen molar-refractivity contribution >= 4 is 15.7 Å². The molecule has 2 aromatic carbocycles. The minimum atomic E-state index is -3.84. The van der Waals surface area contributed by atoms with Gasteiger partial charge in [0, 0.05) is 12.6 Å². The predicted molar refractivity (Wildman–Crippen MR) is 102 cm³/mol. The first-order valence-electron chi connectivity index (χ1n) is 8.09. The zero-order valence-corrected chi connectivity index (χ0v) is 16.0. The average molecular weight is 371 g/mol. The third kappa shape index (κ3) is 3.30. The van der Waals surface area contributed by atoms with Crippen LogP contribution in [0.1, 0.15) is 11.1 Å². The second-order valence-electron chi connectivity index (χ2n) is 6.09. The summed E-state index contributed by atoms with van der Waals surface area (Å²) in [6.45, 7) is 3.78. The van der Waals surface area contributed by atoms with Gasteiger partial charge >= 0.3 is 0 Å². The molecule has 0 unspecified atom stereocenters. The summed E-state index contributed by atoms with van der Waals surface area (Å²) in [4.78, 5) is 0.103. The summed E-state index contributed by atoms with van der Waals surface area (Å²) >= 11 is 0. The molecular formula is C19H21N3O3S. The third-order valence-electron chi connectivity index (χ3n) is 4.30. The zero-order valence-electron chi connectivity index (χ0n) is 15.1. The van der Waals surface area contributed by atoms with Crippen molar-refractivity contribution in [2.75, 3.05) is 11.8 Å². The van der Waals surface area contributed by atoms with E-state index in [4.69, 9.17) is 4.74 Å². The molecule has 0 aliphatic carbocycles. The van der Waals surface area contributed by atoms with Gasteiger partial charge in [0.05, 0.1) is 24.7 Å². The molecule has 0 bridgehead atoms. The molecule has 6 nitrogen and oxygen atoms in total. The first kappa shape index (κ1) is 18.0. The van der Waals surface area contributed by atoms with Crippen LogP contribution in [0.2, 0.25) is 0 Å². The molecule has 1 heterocycles. The van der Waals surface area contributed by atoms with E-state index in [1.165, 1.54) is 13.3 Å². The maximum Gasteiger partial charge on any atom is 0.265 e. The number of benzene rings is 2. The fraction of sp³-hybridized carbons (Fsp3) is 0.211. The molecule has 0 aliphatic heterocycles. The molecular weight excluding hydrogens is 350 g/mol. The Morgan fingerprint density at radius 2 is 1.73 bits per heavy atom. The van der Waals surface area contributed by atoms with Gasteiger partial charge in [0.2, 0.25) is 0 Å². The molecule has 3 rings (SSSR count). The fourth-order valence-electron chi connectivity index (χ4n) is 2.78. The molecule has 0 fully saturated rings. The standard InChI is InChI=1S/C19H21N3O3S/c1-13-10-17(25-4)18(11-14(13)2)26(23,24)21-16-12-20-22(3)19(16)15-8-6-5-7-9-15/h5-12,21H,1-4H3. The van der Waals surface area contributed by atoms with Crippen molar-refractivity contribution in [2.45, 2.75) is 18.7 Å². The van der Waals surface area contributed by atoms with Crippen LogP contribution < -0.4 is 9.46 Å². The van der Waals surface area contributed by atoms with Crippen LogP contribution in [0.25, 0.3) is 11.3 Å². The molecule has 0 radical (unpaired) electrons. The second kappa shape index (κ2) is 6.84. The first-order valence-corrected chi connectivity index (χ1v) is 9.57. The maximum absolute atomic E-state index is 13.0. The molecule has 0 atom stereocenters. The highest BCUT2D eigenvalue weighted by Crippen LogP contribution is 2.32. The van der Waals surface area contributed by atoms with Gasteiger partial charge in [-0.3, -0.25) is 9.40 Å². The Morgan fingerprint density at radius 1 is 1.08 bits per heavy atom. The van der Waals surface area contributed by atoms with Crippen molar-refractivity contribution in [2.24, 2.45) is 7.05 Å². The van der Waals surface area contributed by atoms with Crippen molar-refractivity contribution in [1.29, 1.82) is 0 Å². The van der Waals surface area contributed by atoms with E-state index in [0.29, 0.717) is 17.1 Å². The van der Waals surface area contributed by atoms with Gasteiger partial charge in [-0.1, -0.05) is 30.3 Å². The van der Waals surface area contributed by atoms with E-state index in [9.17, 15) is 8.42 Å². The van der Waals surface area contributed by atoms with Gasteiger partial charge in [-0.15, -0.1) is 0 Å². The van der Waals surface area contributed by atoms with Crippen LogP contribution in [0, 0.1) is 13.8 Å². The summed E-state index contributed by atoms with van der Waals surface area (Å²) in [5.74, 6) is 0.311. The van der Waals surface area contributed by atoms with E-state index in [1.54, 1.807) is 23.9 Å². The topological polar surface area (TPSA) is 73.2 Å². The number of ether oxygens (including phenoxy) is 1. The van der Waals surface area contributed by atoms with Crippen LogP contribution in [0.15, 0.2) is 53.6 Å². The van der Waals surface area contributed by atoms with Gasteiger partial charge in [0.25, 0.3) is 10.0 Å². The number of rotatable bonds is 5. The molecule has 0 aliphatic rings. The number of aryl methyl sites for hydroxylation is 3. The Morgan fingerprint density at radius 3 is 2.38 bits per heavy atom. The lowest BCUT2D eigenvalue weighted by atomic mass is 10.1. The van der Waals surface area contributed by atoms with Gasteiger partial charge < -0.3 is 4.74 Å². The fourth-order valence-corrected chi connectivity index (χ4v) is 4.07. The smallest absolute Gasteiger partial charge is 0.265 e. The van der Waals surface area contributed by atoms with E-state index >= 15 is 0 Å².